The molecule has 0 fully saturated rings. The van der Waals surface area contributed by atoms with Crippen LogP contribution in [-0.2, 0) is 12.4 Å². The van der Waals surface area contributed by atoms with E-state index >= 15 is 0 Å². The van der Waals surface area contributed by atoms with Crippen molar-refractivity contribution in [1.82, 2.24) is 5.32 Å². The van der Waals surface area contributed by atoms with Crippen LogP contribution in [0.5, 0.6) is 0 Å². The second kappa shape index (κ2) is 5.81. The van der Waals surface area contributed by atoms with Crippen LogP contribution in [0.15, 0.2) is 23.2 Å². The number of nitrogens with one attached hydrogen (secondary N) is 1. The molecule has 1 aromatic rings. The number of nitrogens with zero attached hydrogens (tertiary/aromatic N) is 2. The van der Waals surface area contributed by atoms with Gasteiger partial charge in [-0.2, -0.15) is 31.6 Å². The maximum absolute atomic E-state index is 12.9. The fraction of sp³-hybridized carbons (Fsp3) is 0.357. The Morgan fingerprint density at radius 2 is 1.58 bits per heavy atom. The number of hydrogen-bond donors (Lipinski definition) is 1. The Kier molecular flexibility index (Phi) is 4.31. The quantitative estimate of drug-likeness (QED) is 0.776. The summed E-state index contributed by atoms with van der Waals surface area (Å²) in [7, 11) is 0. The van der Waals surface area contributed by atoms with Crippen LogP contribution in [0.4, 0.5) is 31.1 Å². The minimum atomic E-state index is -5.01. The van der Waals surface area contributed by atoms with Gasteiger partial charge in [0.25, 0.3) is 0 Å². The summed E-state index contributed by atoms with van der Waals surface area (Å²) in [6, 6.07) is 0.399. The van der Waals surface area contributed by atoms with Gasteiger partial charge < -0.3 is 5.32 Å². The molecule has 0 bridgehead atoms. The monoisotopic (exact) mass is 349 g/mol. The zero-order valence-corrected chi connectivity index (χ0v) is 12.0. The van der Waals surface area contributed by atoms with E-state index in [1.54, 1.807) is 6.07 Å². The molecule has 1 aliphatic rings. The maximum atomic E-state index is 12.9. The molecule has 0 aromatic heterocycles. The summed E-state index contributed by atoms with van der Waals surface area (Å²) in [5.41, 5.74) is -3.49. The van der Waals surface area contributed by atoms with Crippen LogP contribution in [0.3, 0.4) is 0 Å². The fourth-order valence-electron chi connectivity index (χ4n) is 2.32. The topological polar surface area (TPSA) is 65.2 Å². The van der Waals surface area contributed by atoms with Crippen LogP contribution in [-0.4, -0.2) is 11.7 Å². The average Bonchev–Trinajstić information content (AvgIpc) is 2.44. The molecule has 1 aliphatic heterocycles. The third-order valence-corrected chi connectivity index (χ3v) is 3.45. The molecule has 0 saturated carbocycles. The van der Waals surface area contributed by atoms with E-state index in [0.29, 0.717) is 12.1 Å². The lowest BCUT2D eigenvalue weighted by Crippen LogP contribution is -2.39. The summed E-state index contributed by atoms with van der Waals surface area (Å²) in [4.78, 5) is 14.9. The van der Waals surface area contributed by atoms with E-state index < -0.39 is 47.0 Å². The highest BCUT2D eigenvalue weighted by Crippen LogP contribution is 2.39. The van der Waals surface area contributed by atoms with Crippen molar-refractivity contribution in [3.63, 3.8) is 0 Å². The Balaban J connectivity index is 2.63. The van der Waals surface area contributed by atoms with E-state index in [2.05, 4.69) is 10.3 Å². The molecule has 0 spiro atoms. The van der Waals surface area contributed by atoms with Gasteiger partial charge in [0, 0.05) is 5.71 Å². The third kappa shape index (κ3) is 3.50. The summed E-state index contributed by atoms with van der Waals surface area (Å²) in [6.07, 6.45) is -10.0. The molecular formula is C14H9F6N3O. The molecule has 1 N–H and O–H groups in total. The minimum Gasteiger partial charge on any atom is -0.328 e. The van der Waals surface area contributed by atoms with Crippen molar-refractivity contribution in [2.24, 2.45) is 10.9 Å². The molecule has 10 heteroatoms. The van der Waals surface area contributed by atoms with Crippen LogP contribution in [0, 0.1) is 17.2 Å². The van der Waals surface area contributed by atoms with E-state index in [1.807, 2.05) is 0 Å². The normalized spacial score (nSPS) is 21.8. The SMILES string of the molecule is CC1=NC(=O)NC(c2cc(C(F)(F)F)cc(C(F)(F)F)c2)C1C#N. The Bertz CT molecular complexity index is 712. The van der Waals surface area contributed by atoms with E-state index in [4.69, 9.17) is 5.26 Å². The highest BCUT2D eigenvalue weighted by molar-refractivity contribution is 5.99. The fourth-order valence-corrected chi connectivity index (χ4v) is 2.32. The van der Waals surface area contributed by atoms with Crippen LogP contribution < -0.4 is 5.32 Å². The van der Waals surface area contributed by atoms with Gasteiger partial charge in [-0.05, 0) is 30.7 Å². The van der Waals surface area contributed by atoms with Crippen molar-refractivity contribution in [3.8, 4) is 6.07 Å². The number of aliphatic imine (C=N–C) groups is 1. The van der Waals surface area contributed by atoms with Gasteiger partial charge in [0.05, 0.1) is 23.2 Å². The molecule has 1 heterocycles. The average molecular weight is 349 g/mol. The Labute approximate surface area is 131 Å². The lowest BCUT2D eigenvalue weighted by atomic mass is 9.87. The Morgan fingerprint density at radius 3 is 2.00 bits per heavy atom. The summed E-state index contributed by atoms with van der Waals surface area (Å²) >= 11 is 0. The number of halogens is 6. The van der Waals surface area contributed by atoms with Crippen molar-refractivity contribution in [2.45, 2.75) is 25.3 Å². The molecule has 2 unspecified atom stereocenters. The number of urea groups is 1. The molecule has 2 amide bonds. The molecule has 0 saturated heterocycles. The van der Waals surface area contributed by atoms with Gasteiger partial charge >= 0.3 is 18.4 Å². The second-order valence-electron chi connectivity index (χ2n) is 5.13. The van der Waals surface area contributed by atoms with Crippen LogP contribution >= 0.6 is 0 Å². The number of carbonyl (C=O) groups excluding carboxylic acids is 1. The lowest BCUT2D eigenvalue weighted by Gasteiger charge is -2.27. The number of nitriles is 1. The van der Waals surface area contributed by atoms with E-state index in [0.717, 1.165) is 0 Å². The van der Waals surface area contributed by atoms with Crippen molar-refractivity contribution in [3.05, 3.63) is 34.9 Å². The Hall–Kier alpha value is -2.57. The van der Waals surface area contributed by atoms with E-state index in [-0.39, 0.29) is 11.8 Å². The molecular weight excluding hydrogens is 340 g/mol. The van der Waals surface area contributed by atoms with Crippen LogP contribution in [0.1, 0.15) is 29.7 Å². The van der Waals surface area contributed by atoms with Crippen LogP contribution in [0.25, 0.3) is 0 Å². The lowest BCUT2D eigenvalue weighted by molar-refractivity contribution is -0.143. The van der Waals surface area contributed by atoms with Gasteiger partial charge in [-0.25, -0.2) is 9.79 Å². The standard InChI is InChI=1S/C14H9F6N3O/c1-6-10(5-21)11(23-12(24)22-6)7-2-8(13(15,16)17)4-9(3-7)14(18,19)20/h2-4,10-11H,1H3,(H,23,24). The first-order valence-corrected chi connectivity index (χ1v) is 6.48. The van der Waals surface area contributed by atoms with Gasteiger partial charge in [0.1, 0.15) is 5.92 Å². The Morgan fingerprint density at radius 1 is 1.08 bits per heavy atom. The maximum Gasteiger partial charge on any atom is 0.416 e. The number of hydrogen-bond acceptors (Lipinski definition) is 2. The van der Waals surface area contributed by atoms with Gasteiger partial charge in [0.15, 0.2) is 0 Å². The number of benzene rings is 1. The van der Waals surface area contributed by atoms with Crippen LogP contribution in [0.2, 0.25) is 0 Å². The predicted octanol–water partition coefficient (Wildman–Crippen LogP) is 4.09. The van der Waals surface area contributed by atoms with Gasteiger partial charge in [-0.15, -0.1) is 0 Å². The third-order valence-electron chi connectivity index (χ3n) is 3.45. The van der Waals surface area contributed by atoms with E-state index in [9.17, 15) is 31.1 Å². The molecule has 2 atom stereocenters. The number of carbonyl (C=O) groups is 1. The first-order chi connectivity index (χ1) is 10.9. The highest BCUT2D eigenvalue weighted by Gasteiger charge is 2.39. The van der Waals surface area contributed by atoms with E-state index in [1.165, 1.54) is 6.92 Å². The van der Waals surface area contributed by atoms with Crippen molar-refractivity contribution >= 4 is 11.7 Å². The van der Waals surface area contributed by atoms with Crippen molar-refractivity contribution < 1.29 is 31.1 Å². The smallest absolute Gasteiger partial charge is 0.328 e. The zero-order chi connectivity index (χ0) is 18.3. The minimum absolute atomic E-state index is 0.0113. The first-order valence-electron chi connectivity index (χ1n) is 6.48. The molecule has 4 nitrogen and oxygen atoms in total. The zero-order valence-electron chi connectivity index (χ0n) is 12.0. The molecule has 128 valence electrons. The predicted molar refractivity (Wildman–Crippen MR) is 69.9 cm³/mol. The first kappa shape index (κ1) is 17.8. The summed E-state index contributed by atoms with van der Waals surface area (Å²) < 4.78 is 77.4. The van der Waals surface area contributed by atoms with Crippen molar-refractivity contribution in [1.29, 1.82) is 5.26 Å². The summed E-state index contributed by atoms with van der Waals surface area (Å²) in [5, 5.41) is 11.2. The summed E-state index contributed by atoms with van der Waals surface area (Å²) in [6.45, 7) is 1.30. The molecule has 0 aliphatic carbocycles. The number of alkyl halides is 6. The summed E-state index contributed by atoms with van der Waals surface area (Å²) in [5.74, 6) is -1.17. The molecule has 0 radical (unpaired) electrons. The largest absolute Gasteiger partial charge is 0.416 e. The number of rotatable bonds is 1. The van der Waals surface area contributed by atoms with Gasteiger partial charge in [-0.1, -0.05) is 0 Å². The van der Waals surface area contributed by atoms with Crippen molar-refractivity contribution in [2.75, 3.05) is 0 Å². The molecule has 2 rings (SSSR count). The molecule has 1 aromatic carbocycles. The van der Waals surface area contributed by atoms with Gasteiger partial charge in [-0.3, -0.25) is 0 Å². The number of amides is 2. The highest BCUT2D eigenvalue weighted by atomic mass is 19.4. The second-order valence-corrected chi connectivity index (χ2v) is 5.13. The molecule has 24 heavy (non-hydrogen) atoms. The van der Waals surface area contributed by atoms with Gasteiger partial charge in [0.2, 0.25) is 0 Å².